The van der Waals surface area contributed by atoms with E-state index in [0.29, 0.717) is 12.1 Å². The second kappa shape index (κ2) is 7.41. The molecular weight excluding hydrogens is 362 g/mol. The molecule has 0 aliphatic carbocycles. The van der Waals surface area contributed by atoms with Gasteiger partial charge in [0.25, 0.3) is 5.91 Å². The third-order valence-corrected chi connectivity index (χ3v) is 4.17. The summed E-state index contributed by atoms with van der Waals surface area (Å²) in [7, 11) is 0. The van der Waals surface area contributed by atoms with Crippen LogP contribution in [0.1, 0.15) is 30.8 Å². The number of carboxylic acids is 1. The number of hydrogen-bond donors (Lipinski definition) is 2. The van der Waals surface area contributed by atoms with Gasteiger partial charge in [-0.1, -0.05) is 35.0 Å². The zero-order chi connectivity index (χ0) is 17.0. The molecule has 0 aliphatic heterocycles. The van der Waals surface area contributed by atoms with Crippen molar-refractivity contribution in [1.82, 2.24) is 15.1 Å². The fourth-order valence-electron chi connectivity index (χ4n) is 2.15. The number of nitrogens with zero attached hydrogens (tertiary/aromatic N) is 2. The van der Waals surface area contributed by atoms with Crippen LogP contribution in [0.2, 0.25) is 0 Å². The molecule has 1 amide bonds. The summed E-state index contributed by atoms with van der Waals surface area (Å²) in [5, 5.41) is 15.9. The molecular formula is C16H18BrN3O3. The van der Waals surface area contributed by atoms with Gasteiger partial charge in [0.05, 0.1) is 5.69 Å². The minimum atomic E-state index is -1.04. The molecule has 0 saturated heterocycles. The van der Waals surface area contributed by atoms with E-state index in [1.165, 1.54) is 4.90 Å². The summed E-state index contributed by atoms with van der Waals surface area (Å²) in [6.07, 6.45) is 0.673. The lowest BCUT2D eigenvalue weighted by Crippen LogP contribution is -2.42. The molecule has 7 heteroatoms. The number of carbonyl (C=O) groups excluding carboxylic acids is 1. The zero-order valence-corrected chi connectivity index (χ0v) is 14.5. The summed E-state index contributed by atoms with van der Waals surface area (Å²) in [6.45, 7) is 3.40. The van der Waals surface area contributed by atoms with E-state index in [2.05, 4.69) is 26.1 Å². The SMILES string of the molecule is CCC(C)N(CC(=O)O)C(=O)c1cc(-c2ccc(Br)cc2)n[nH]1. The van der Waals surface area contributed by atoms with Gasteiger partial charge in [0.15, 0.2) is 0 Å². The minimum absolute atomic E-state index is 0.168. The van der Waals surface area contributed by atoms with Gasteiger partial charge in [0.2, 0.25) is 0 Å². The van der Waals surface area contributed by atoms with Crippen molar-refractivity contribution in [2.24, 2.45) is 0 Å². The van der Waals surface area contributed by atoms with Crippen LogP contribution in [0.5, 0.6) is 0 Å². The monoisotopic (exact) mass is 379 g/mol. The number of carboxylic acid groups (broad SMARTS) is 1. The predicted octanol–water partition coefficient (Wildman–Crippen LogP) is 3.16. The van der Waals surface area contributed by atoms with E-state index in [9.17, 15) is 9.59 Å². The molecule has 1 atom stereocenters. The van der Waals surface area contributed by atoms with Crippen LogP contribution in [-0.2, 0) is 4.79 Å². The molecule has 2 rings (SSSR count). The summed E-state index contributed by atoms with van der Waals surface area (Å²) in [6, 6.07) is 9.03. The van der Waals surface area contributed by atoms with Crippen LogP contribution in [0.3, 0.4) is 0 Å². The number of aliphatic carboxylic acids is 1. The van der Waals surface area contributed by atoms with Gasteiger partial charge in [-0.25, -0.2) is 0 Å². The molecule has 1 heterocycles. The lowest BCUT2D eigenvalue weighted by atomic mass is 10.1. The molecule has 0 aliphatic rings. The fraction of sp³-hybridized carbons (Fsp3) is 0.312. The van der Waals surface area contributed by atoms with Crippen molar-refractivity contribution in [3.63, 3.8) is 0 Å². The maximum Gasteiger partial charge on any atom is 0.323 e. The summed E-state index contributed by atoms with van der Waals surface area (Å²) in [5.41, 5.74) is 1.79. The summed E-state index contributed by atoms with van der Waals surface area (Å²) in [5.74, 6) is -1.40. The molecule has 0 fully saturated rings. The average Bonchev–Trinajstić information content (AvgIpc) is 3.01. The van der Waals surface area contributed by atoms with Gasteiger partial charge in [-0.05, 0) is 31.5 Å². The topological polar surface area (TPSA) is 86.3 Å². The Morgan fingerprint density at radius 1 is 1.35 bits per heavy atom. The van der Waals surface area contributed by atoms with Gasteiger partial charge < -0.3 is 10.0 Å². The van der Waals surface area contributed by atoms with Crippen molar-refractivity contribution in [1.29, 1.82) is 0 Å². The van der Waals surface area contributed by atoms with Crippen molar-refractivity contribution < 1.29 is 14.7 Å². The largest absolute Gasteiger partial charge is 0.480 e. The van der Waals surface area contributed by atoms with E-state index in [1.54, 1.807) is 6.07 Å². The zero-order valence-electron chi connectivity index (χ0n) is 12.9. The fourth-order valence-corrected chi connectivity index (χ4v) is 2.41. The first-order valence-corrected chi connectivity index (χ1v) is 8.05. The van der Waals surface area contributed by atoms with Crippen LogP contribution in [0.25, 0.3) is 11.3 Å². The highest BCUT2D eigenvalue weighted by atomic mass is 79.9. The smallest absolute Gasteiger partial charge is 0.323 e. The van der Waals surface area contributed by atoms with Gasteiger partial charge in [-0.15, -0.1) is 0 Å². The van der Waals surface area contributed by atoms with Crippen molar-refractivity contribution in [2.45, 2.75) is 26.3 Å². The molecule has 2 N–H and O–H groups in total. The van der Waals surface area contributed by atoms with Crippen molar-refractivity contribution >= 4 is 27.8 Å². The number of rotatable bonds is 6. The molecule has 1 aromatic carbocycles. The first-order valence-electron chi connectivity index (χ1n) is 7.26. The Labute approximate surface area is 142 Å². The van der Waals surface area contributed by atoms with Gasteiger partial charge in [0, 0.05) is 16.1 Å². The third kappa shape index (κ3) is 4.19. The number of aromatic nitrogens is 2. The molecule has 1 aromatic heterocycles. The standard InChI is InChI=1S/C16H18BrN3O3/c1-3-10(2)20(9-15(21)22)16(23)14-8-13(18-19-14)11-4-6-12(17)7-5-11/h4-8,10H,3,9H2,1-2H3,(H,18,19)(H,21,22). The molecule has 0 saturated carbocycles. The minimum Gasteiger partial charge on any atom is -0.480 e. The number of hydrogen-bond acceptors (Lipinski definition) is 3. The van der Waals surface area contributed by atoms with Crippen LogP contribution < -0.4 is 0 Å². The molecule has 6 nitrogen and oxygen atoms in total. The van der Waals surface area contributed by atoms with Crippen LogP contribution in [-0.4, -0.2) is 44.7 Å². The number of aromatic amines is 1. The van der Waals surface area contributed by atoms with Gasteiger partial charge in [-0.2, -0.15) is 5.10 Å². The molecule has 23 heavy (non-hydrogen) atoms. The first-order chi connectivity index (χ1) is 10.9. The Kier molecular flexibility index (Phi) is 5.54. The Morgan fingerprint density at radius 3 is 2.57 bits per heavy atom. The van der Waals surface area contributed by atoms with Crippen LogP contribution in [0, 0.1) is 0 Å². The Balaban J connectivity index is 2.25. The highest BCUT2D eigenvalue weighted by Gasteiger charge is 2.24. The number of benzene rings is 1. The lowest BCUT2D eigenvalue weighted by molar-refractivity contribution is -0.138. The Bertz CT molecular complexity index is 697. The van der Waals surface area contributed by atoms with Crippen molar-refractivity contribution in [2.75, 3.05) is 6.54 Å². The number of carbonyl (C=O) groups is 2. The van der Waals surface area contributed by atoms with Gasteiger partial charge in [0.1, 0.15) is 12.2 Å². The van der Waals surface area contributed by atoms with E-state index < -0.39 is 5.97 Å². The van der Waals surface area contributed by atoms with E-state index in [-0.39, 0.29) is 24.2 Å². The van der Waals surface area contributed by atoms with E-state index in [0.717, 1.165) is 10.0 Å². The summed E-state index contributed by atoms with van der Waals surface area (Å²) in [4.78, 5) is 24.9. The number of H-pyrrole nitrogens is 1. The summed E-state index contributed by atoms with van der Waals surface area (Å²) >= 11 is 3.37. The molecule has 0 bridgehead atoms. The Hall–Kier alpha value is -2.15. The quantitative estimate of drug-likeness (QED) is 0.806. The second-order valence-electron chi connectivity index (χ2n) is 5.26. The van der Waals surface area contributed by atoms with Gasteiger partial charge in [-0.3, -0.25) is 14.7 Å². The predicted molar refractivity (Wildman–Crippen MR) is 90.1 cm³/mol. The van der Waals surface area contributed by atoms with Crippen LogP contribution in [0.4, 0.5) is 0 Å². The first kappa shape index (κ1) is 17.2. The van der Waals surface area contributed by atoms with E-state index >= 15 is 0 Å². The maximum atomic E-state index is 12.6. The van der Waals surface area contributed by atoms with Crippen molar-refractivity contribution in [3.05, 3.63) is 40.5 Å². The Morgan fingerprint density at radius 2 is 2.00 bits per heavy atom. The molecule has 122 valence electrons. The second-order valence-corrected chi connectivity index (χ2v) is 6.17. The third-order valence-electron chi connectivity index (χ3n) is 3.64. The highest BCUT2D eigenvalue weighted by Crippen LogP contribution is 2.21. The molecule has 1 unspecified atom stereocenters. The lowest BCUT2D eigenvalue weighted by Gasteiger charge is -2.26. The average molecular weight is 380 g/mol. The number of halogens is 1. The van der Waals surface area contributed by atoms with Crippen molar-refractivity contribution in [3.8, 4) is 11.3 Å². The number of nitrogens with one attached hydrogen (secondary N) is 1. The van der Waals surface area contributed by atoms with E-state index in [4.69, 9.17) is 5.11 Å². The summed E-state index contributed by atoms with van der Waals surface area (Å²) < 4.78 is 0.956. The highest BCUT2D eigenvalue weighted by molar-refractivity contribution is 9.10. The van der Waals surface area contributed by atoms with Crippen LogP contribution in [0.15, 0.2) is 34.8 Å². The maximum absolute atomic E-state index is 12.6. The molecule has 2 aromatic rings. The van der Waals surface area contributed by atoms with Crippen LogP contribution >= 0.6 is 15.9 Å². The van der Waals surface area contributed by atoms with E-state index in [1.807, 2.05) is 38.1 Å². The number of amides is 1. The molecule has 0 spiro atoms. The molecule has 0 radical (unpaired) electrons. The normalized spacial score (nSPS) is 12.0. The van der Waals surface area contributed by atoms with Gasteiger partial charge >= 0.3 is 5.97 Å².